The summed E-state index contributed by atoms with van der Waals surface area (Å²) in [5.74, 6) is 0.311. The third-order valence-corrected chi connectivity index (χ3v) is 2.35. The molecule has 1 aromatic rings. The van der Waals surface area contributed by atoms with E-state index in [1.54, 1.807) is 25.2 Å². The van der Waals surface area contributed by atoms with Crippen molar-refractivity contribution in [1.82, 2.24) is 0 Å². The third kappa shape index (κ3) is 2.62. The molecule has 0 saturated carbocycles. The van der Waals surface area contributed by atoms with Crippen molar-refractivity contribution in [3.8, 4) is 5.75 Å². The summed E-state index contributed by atoms with van der Waals surface area (Å²) in [6.07, 6.45) is 0.770. The lowest BCUT2D eigenvalue weighted by Gasteiger charge is -2.13. The van der Waals surface area contributed by atoms with Gasteiger partial charge in [0.15, 0.2) is 5.75 Å². The number of rotatable bonds is 5. The van der Waals surface area contributed by atoms with E-state index in [-0.39, 0.29) is 11.8 Å². The van der Waals surface area contributed by atoms with Gasteiger partial charge in [-0.05, 0) is 25.5 Å². The Morgan fingerprint density at radius 2 is 2.25 bits per heavy atom. The van der Waals surface area contributed by atoms with E-state index in [0.29, 0.717) is 11.4 Å². The number of anilines is 1. The van der Waals surface area contributed by atoms with E-state index < -0.39 is 4.92 Å². The molecular formula is C11H16N2O3. The summed E-state index contributed by atoms with van der Waals surface area (Å²) in [5, 5.41) is 13.7. The van der Waals surface area contributed by atoms with Crippen LogP contribution in [-0.4, -0.2) is 18.1 Å². The molecular weight excluding hydrogens is 208 g/mol. The second-order valence-corrected chi connectivity index (χ2v) is 3.50. The molecule has 0 heterocycles. The van der Waals surface area contributed by atoms with Crippen molar-refractivity contribution in [3.05, 3.63) is 28.3 Å². The van der Waals surface area contributed by atoms with Gasteiger partial charge in [0.1, 0.15) is 5.69 Å². The second-order valence-electron chi connectivity index (χ2n) is 3.50. The van der Waals surface area contributed by atoms with Crippen molar-refractivity contribution in [2.24, 2.45) is 0 Å². The minimum absolute atomic E-state index is 0.00898. The van der Waals surface area contributed by atoms with Gasteiger partial charge in [0.05, 0.1) is 11.0 Å². The number of benzene rings is 1. The van der Waals surface area contributed by atoms with Gasteiger partial charge in [-0.25, -0.2) is 0 Å². The summed E-state index contributed by atoms with van der Waals surface area (Å²) in [6, 6.07) is 5.00. The van der Waals surface area contributed by atoms with Gasteiger partial charge >= 0.3 is 5.69 Å². The maximum Gasteiger partial charge on any atom is 0.333 e. The van der Waals surface area contributed by atoms with Crippen LogP contribution in [0.2, 0.25) is 0 Å². The molecule has 1 atom stereocenters. The molecule has 1 aromatic carbocycles. The first-order chi connectivity index (χ1) is 7.60. The first kappa shape index (κ1) is 12.3. The molecule has 0 spiro atoms. The van der Waals surface area contributed by atoms with E-state index in [9.17, 15) is 10.1 Å². The molecule has 1 rings (SSSR count). The standard InChI is InChI=1S/C11H16N2O3/c1-4-8(2)16-10-7-5-6-9(12-3)11(10)13(14)15/h5-8,12H,4H2,1-3H3. The molecule has 88 valence electrons. The molecule has 1 unspecified atom stereocenters. The lowest BCUT2D eigenvalue weighted by Crippen LogP contribution is -2.11. The normalized spacial score (nSPS) is 11.9. The van der Waals surface area contributed by atoms with Gasteiger partial charge in [-0.2, -0.15) is 0 Å². The summed E-state index contributed by atoms with van der Waals surface area (Å²) in [4.78, 5) is 10.5. The van der Waals surface area contributed by atoms with Crippen molar-refractivity contribution in [1.29, 1.82) is 0 Å². The quantitative estimate of drug-likeness (QED) is 0.617. The molecule has 1 N–H and O–H groups in total. The smallest absolute Gasteiger partial charge is 0.333 e. The van der Waals surface area contributed by atoms with Crippen molar-refractivity contribution >= 4 is 11.4 Å². The van der Waals surface area contributed by atoms with Gasteiger partial charge in [0.25, 0.3) is 0 Å². The zero-order valence-corrected chi connectivity index (χ0v) is 9.69. The largest absolute Gasteiger partial charge is 0.484 e. The van der Waals surface area contributed by atoms with E-state index in [1.807, 2.05) is 13.8 Å². The molecule has 0 fully saturated rings. The zero-order chi connectivity index (χ0) is 12.1. The highest BCUT2D eigenvalue weighted by molar-refractivity contribution is 5.68. The first-order valence-electron chi connectivity index (χ1n) is 5.22. The molecule has 0 amide bonds. The second kappa shape index (κ2) is 5.34. The highest BCUT2D eigenvalue weighted by Crippen LogP contribution is 2.35. The topological polar surface area (TPSA) is 64.4 Å². The Morgan fingerprint density at radius 3 is 2.75 bits per heavy atom. The fourth-order valence-corrected chi connectivity index (χ4v) is 1.31. The number of ether oxygens (including phenoxy) is 1. The van der Waals surface area contributed by atoms with Crippen LogP contribution in [0.3, 0.4) is 0 Å². The van der Waals surface area contributed by atoms with Crippen molar-refractivity contribution < 1.29 is 9.66 Å². The summed E-state index contributed by atoms with van der Waals surface area (Å²) in [5.41, 5.74) is 0.455. The predicted octanol–water partition coefficient (Wildman–Crippen LogP) is 2.81. The number of hydrogen-bond acceptors (Lipinski definition) is 4. The Morgan fingerprint density at radius 1 is 1.56 bits per heavy atom. The van der Waals surface area contributed by atoms with Crippen LogP contribution < -0.4 is 10.1 Å². The van der Waals surface area contributed by atoms with Crippen molar-refractivity contribution in [3.63, 3.8) is 0 Å². The number of hydrogen-bond donors (Lipinski definition) is 1. The number of nitro groups is 1. The fourth-order valence-electron chi connectivity index (χ4n) is 1.31. The Labute approximate surface area is 94.6 Å². The van der Waals surface area contributed by atoms with Crippen LogP contribution in [0.1, 0.15) is 20.3 Å². The van der Waals surface area contributed by atoms with E-state index in [1.165, 1.54) is 0 Å². The lowest BCUT2D eigenvalue weighted by molar-refractivity contribution is -0.385. The van der Waals surface area contributed by atoms with Gasteiger partial charge in [-0.3, -0.25) is 10.1 Å². The minimum atomic E-state index is -0.427. The average molecular weight is 224 g/mol. The van der Waals surface area contributed by atoms with Crippen LogP contribution in [0.25, 0.3) is 0 Å². The molecule has 5 nitrogen and oxygen atoms in total. The van der Waals surface area contributed by atoms with Crippen LogP contribution in [0, 0.1) is 10.1 Å². The Hall–Kier alpha value is -1.78. The molecule has 0 aliphatic carbocycles. The highest BCUT2D eigenvalue weighted by atomic mass is 16.6. The monoisotopic (exact) mass is 224 g/mol. The SMILES string of the molecule is CCC(C)Oc1cccc(NC)c1[N+](=O)[O-]. The Bertz CT molecular complexity index is 379. The van der Waals surface area contributed by atoms with Crippen molar-refractivity contribution in [2.75, 3.05) is 12.4 Å². The van der Waals surface area contributed by atoms with E-state index in [2.05, 4.69) is 5.32 Å². The number of para-hydroxylation sites is 1. The van der Waals surface area contributed by atoms with Gasteiger partial charge in [-0.1, -0.05) is 13.0 Å². The minimum Gasteiger partial charge on any atom is -0.484 e. The predicted molar refractivity (Wildman–Crippen MR) is 63.0 cm³/mol. The average Bonchev–Trinajstić information content (AvgIpc) is 2.28. The van der Waals surface area contributed by atoms with Gasteiger partial charge < -0.3 is 10.1 Å². The number of nitrogens with zero attached hydrogens (tertiary/aromatic N) is 1. The molecule has 5 heteroatoms. The summed E-state index contributed by atoms with van der Waals surface area (Å²) in [7, 11) is 1.65. The summed E-state index contributed by atoms with van der Waals surface area (Å²) < 4.78 is 5.52. The van der Waals surface area contributed by atoms with Crippen LogP contribution in [-0.2, 0) is 0 Å². The maximum atomic E-state index is 11.0. The maximum absolute atomic E-state index is 11.0. The Balaban J connectivity index is 3.12. The molecule has 0 bridgehead atoms. The van der Waals surface area contributed by atoms with Crippen LogP contribution in [0.4, 0.5) is 11.4 Å². The van der Waals surface area contributed by atoms with Crippen LogP contribution in [0.15, 0.2) is 18.2 Å². The van der Waals surface area contributed by atoms with Gasteiger partial charge in [0, 0.05) is 7.05 Å². The molecule has 0 aliphatic rings. The van der Waals surface area contributed by atoms with Gasteiger partial charge in [-0.15, -0.1) is 0 Å². The van der Waals surface area contributed by atoms with Crippen molar-refractivity contribution in [2.45, 2.75) is 26.4 Å². The summed E-state index contributed by atoms with van der Waals surface area (Å²) >= 11 is 0. The van der Waals surface area contributed by atoms with Gasteiger partial charge in [0.2, 0.25) is 0 Å². The fraction of sp³-hybridized carbons (Fsp3) is 0.455. The van der Waals surface area contributed by atoms with E-state index >= 15 is 0 Å². The molecule has 0 aliphatic heterocycles. The first-order valence-corrected chi connectivity index (χ1v) is 5.22. The molecule has 0 saturated heterocycles. The highest BCUT2D eigenvalue weighted by Gasteiger charge is 2.21. The number of nitrogens with one attached hydrogen (secondary N) is 1. The molecule has 0 radical (unpaired) electrons. The van der Waals surface area contributed by atoms with Crippen LogP contribution in [0.5, 0.6) is 5.75 Å². The van der Waals surface area contributed by atoms with E-state index in [4.69, 9.17) is 4.74 Å². The summed E-state index contributed by atoms with van der Waals surface area (Å²) in [6.45, 7) is 3.86. The zero-order valence-electron chi connectivity index (χ0n) is 9.69. The molecule has 16 heavy (non-hydrogen) atoms. The molecule has 0 aromatic heterocycles. The van der Waals surface area contributed by atoms with E-state index in [0.717, 1.165) is 6.42 Å². The third-order valence-electron chi connectivity index (χ3n) is 2.35. The lowest BCUT2D eigenvalue weighted by atomic mass is 10.2. The Kier molecular flexibility index (Phi) is 4.10. The number of nitro benzene ring substituents is 1. The van der Waals surface area contributed by atoms with Crippen LogP contribution >= 0.6 is 0 Å².